The van der Waals surface area contributed by atoms with Gasteiger partial charge in [-0.05, 0) is 37.6 Å². The van der Waals surface area contributed by atoms with Gasteiger partial charge in [-0.3, -0.25) is 19.7 Å². The molecule has 4 rings (SSSR count). The van der Waals surface area contributed by atoms with Crippen LogP contribution in [0.2, 0.25) is 0 Å². The van der Waals surface area contributed by atoms with E-state index in [0.717, 1.165) is 50.4 Å². The molecular weight excluding hydrogens is 328 g/mol. The summed E-state index contributed by atoms with van der Waals surface area (Å²) < 4.78 is 0. The fraction of sp³-hybridized carbons (Fsp3) is 0.474. The summed E-state index contributed by atoms with van der Waals surface area (Å²) in [6.07, 6.45) is 11.1. The first-order valence-electron chi connectivity index (χ1n) is 9.26. The second-order valence-corrected chi connectivity index (χ2v) is 6.81. The van der Waals surface area contributed by atoms with Gasteiger partial charge in [0.15, 0.2) is 0 Å². The quantitative estimate of drug-likeness (QED) is 0.828. The molecule has 7 heteroatoms. The van der Waals surface area contributed by atoms with E-state index in [9.17, 15) is 4.79 Å². The van der Waals surface area contributed by atoms with Crippen LogP contribution in [0.1, 0.15) is 24.4 Å². The van der Waals surface area contributed by atoms with Gasteiger partial charge in [0, 0.05) is 51.0 Å². The fourth-order valence-corrected chi connectivity index (χ4v) is 3.83. The summed E-state index contributed by atoms with van der Waals surface area (Å²) in [5.74, 6) is 1.07. The van der Waals surface area contributed by atoms with E-state index in [1.54, 1.807) is 24.8 Å². The molecule has 136 valence electrons. The molecule has 0 N–H and O–H groups in total. The predicted molar refractivity (Wildman–Crippen MR) is 98.6 cm³/mol. The molecule has 0 bridgehead atoms. The molecule has 0 spiro atoms. The van der Waals surface area contributed by atoms with Crippen molar-refractivity contribution in [3.8, 4) is 0 Å². The molecule has 2 aromatic heterocycles. The van der Waals surface area contributed by atoms with Gasteiger partial charge in [0.05, 0.1) is 6.20 Å². The number of piperazine rings is 1. The lowest BCUT2D eigenvalue weighted by atomic mass is 10.1. The minimum absolute atomic E-state index is 0.193. The van der Waals surface area contributed by atoms with E-state index in [4.69, 9.17) is 0 Å². The molecular formula is C19H24N6O. The Bertz CT molecular complexity index is 711. The van der Waals surface area contributed by atoms with E-state index in [1.807, 2.05) is 23.2 Å². The van der Waals surface area contributed by atoms with Gasteiger partial charge in [0.1, 0.15) is 11.9 Å². The Kier molecular flexibility index (Phi) is 5.06. The van der Waals surface area contributed by atoms with Crippen molar-refractivity contribution in [2.45, 2.75) is 18.9 Å². The molecule has 2 aliphatic heterocycles. The lowest BCUT2D eigenvalue weighted by Crippen LogP contribution is -2.52. The van der Waals surface area contributed by atoms with Crippen molar-refractivity contribution >= 4 is 11.7 Å². The third-order valence-corrected chi connectivity index (χ3v) is 5.20. The summed E-state index contributed by atoms with van der Waals surface area (Å²) in [6, 6.07) is 3.72. The first-order chi connectivity index (χ1) is 12.8. The molecule has 0 saturated carbocycles. The Balaban J connectivity index is 1.47. The van der Waals surface area contributed by atoms with Crippen molar-refractivity contribution in [3.63, 3.8) is 0 Å². The molecule has 2 aromatic rings. The van der Waals surface area contributed by atoms with E-state index >= 15 is 0 Å². The largest absolute Gasteiger partial charge is 0.352 e. The summed E-state index contributed by atoms with van der Waals surface area (Å²) in [5.41, 5.74) is 0.996. The van der Waals surface area contributed by atoms with E-state index in [2.05, 4.69) is 24.8 Å². The number of rotatable bonds is 4. The van der Waals surface area contributed by atoms with Crippen LogP contribution in [0.15, 0.2) is 43.1 Å². The Morgan fingerprint density at radius 2 is 1.69 bits per heavy atom. The number of carbonyl (C=O) groups is 1. The molecule has 0 aromatic carbocycles. The topological polar surface area (TPSA) is 65.5 Å². The van der Waals surface area contributed by atoms with E-state index in [-0.39, 0.29) is 11.9 Å². The zero-order chi connectivity index (χ0) is 17.8. The molecule has 26 heavy (non-hydrogen) atoms. The fourth-order valence-electron chi connectivity index (χ4n) is 3.83. The molecule has 7 nitrogen and oxygen atoms in total. The Hall–Kier alpha value is -2.54. The maximum atomic E-state index is 13.3. The smallest absolute Gasteiger partial charge is 0.244 e. The number of nitrogens with zero attached hydrogens (tertiary/aromatic N) is 6. The van der Waals surface area contributed by atoms with Gasteiger partial charge >= 0.3 is 0 Å². The second-order valence-electron chi connectivity index (χ2n) is 6.81. The predicted octanol–water partition coefficient (Wildman–Crippen LogP) is 1.36. The summed E-state index contributed by atoms with van der Waals surface area (Å²) in [5, 5.41) is 0. The highest BCUT2D eigenvalue weighted by Crippen LogP contribution is 2.27. The van der Waals surface area contributed by atoms with Gasteiger partial charge in [0.25, 0.3) is 0 Å². The van der Waals surface area contributed by atoms with Crippen LogP contribution in [0.4, 0.5) is 5.82 Å². The average Bonchev–Trinajstić information content (AvgIpc) is 3.24. The van der Waals surface area contributed by atoms with Crippen molar-refractivity contribution in [2.75, 3.05) is 44.2 Å². The summed E-state index contributed by atoms with van der Waals surface area (Å²) in [4.78, 5) is 32.5. The number of anilines is 1. The molecule has 1 amide bonds. The van der Waals surface area contributed by atoms with Crippen molar-refractivity contribution < 1.29 is 4.79 Å². The highest BCUT2D eigenvalue weighted by molar-refractivity contribution is 5.83. The number of likely N-dealkylation sites (tertiary alicyclic amines) is 1. The summed E-state index contributed by atoms with van der Waals surface area (Å²) in [7, 11) is 0. The SMILES string of the molecule is O=C(C(c1cccnc1)N1CCCC1)N1CCN(c2cnccn2)CC1. The number of aromatic nitrogens is 3. The first-order valence-corrected chi connectivity index (χ1v) is 9.26. The molecule has 4 heterocycles. The van der Waals surface area contributed by atoms with Gasteiger partial charge in [-0.25, -0.2) is 4.98 Å². The molecule has 1 atom stereocenters. The second kappa shape index (κ2) is 7.78. The zero-order valence-corrected chi connectivity index (χ0v) is 14.9. The number of pyridine rings is 1. The highest BCUT2D eigenvalue weighted by Gasteiger charge is 2.34. The molecule has 2 saturated heterocycles. The Labute approximate surface area is 153 Å². The van der Waals surface area contributed by atoms with Crippen molar-refractivity contribution in [2.24, 2.45) is 0 Å². The standard InChI is InChI=1S/C19H24N6O/c26-19(18(24-8-1-2-9-24)16-4-3-5-20-14-16)25-12-10-23(11-13-25)17-15-21-6-7-22-17/h3-7,14-15,18H,1-2,8-13H2. The highest BCUT2D eigenvalue weighted by atomic mass is 16.2. The van der Waals surface area contributed by atoms with Gasteiger partial charge < -0.3 is 9.80 Å². The van der Waals surface area contributed by atoms with Gasteiger partial charge in [-0.15, -0.1) is 0 Å². The van der Waals surface area contributed by atoms with Crippen LogP contribution in [-0.2, 0) is 4.79 Å². The van der Waals surface area contributed by atoms with Crippen molar-refractivity contribution in [3.05, 3.63) is 48.7 Å². The molecule has 0 aliphatic carbocycles. The maximum Gasteiger partial charge on any atom is 0.244 e. The van der Waals surface area contributed by atoms with Crippen LogP contribution in [0.5, 0.6) is 0 Å². The minimum atomic E-state index is -0.214. The Morgan fingerprint density at radius 1 is 0.923 bits per heavy atom. The summed E-state index contributed by atoms with van der Waals surface area (Å²) >= 11 is 0. The van der Waals surface area contributed by atoms with Gasteiger partial charge in [-0.1, -0.05) is 6.07 Å². The molecule has 2 fully saturated rings. The van der Waals surface area contributed by atoms with Crippen LogP contribution < -0.4 is 4.90 Å². The van der Waals surface area contributed by atoms with Crippen LogP contribution in [0.3, 0.4) is 0 Å². The number of hydrogen-bond acceptors (Lipinski definition) is 6. The molecule has 1 unspecified atom stereocenters. The normalized spacial score (nSPS) is 19.5. The van der Waals surface area contributed by atoms with Crippen LogP contribution >= 0.6 is 0 Å². The lowest BCUT2D eigenvalue weighted by molar-refractivity contribution is -0.137. The van der Waals surface area contributed by atoms with E-state index in [1.165, 1.54) is 0 Å². The lowest BCUT2D eigenvalue weighted by Gasteiger charge is -2.38. The van der Waals surface area contributed by atoms with Gasteiger partial charge in [0.2, 0.25) is 5.91 Å². The van der Waals surface area contributed by atoms with Crippen LogP contribution in [-0.4, -0.2) is 69.9 Å². The van der Waals surface area contributed by atoms with Crippen molar-refractivity contribution in [1.82, 2.24) is 24.8 Å². The number of carbonyl (C=O) groups excluding carboxylic acids is 1. The first kappa shape index (κ1) is 16.9. The minimum Gasteiger partial charge on any atom is -0.352 e. The monoisotopic (exact) mass is 352 g/mol. The molecule has 2 aliphatic rings. The third kappa shape index (κ3) is 3.53. The van der Waals surface area contributed by atoms with E-state index in [0.29, 0.717) is 13.1 Å². The van der Waals surface area contributed by atoms with Crippen molar-refractivity contribution in [1.29, 1.82) is 0 Å². The third-order valence-electron chi connectivity index (χ3n) is 5.20. The molecule has 0 radical (unpaired) electrons. The van der Waals surface area contributed by atoms with Gasteiger partial charge in [-0.2, -0.15) is 0 Å². The zero-order valence-electron chi connectivity index (χ0n) is 14.9. The maximum absolute atomic E-state index is 13.3. The number of amides is 1. The average molecular weight is 352 g/mol. The Morgan fingerprint density at radius 3 is 2.35 bits per heavy atom. The summed E-state index contributed by atoms with van der Waals surface area (Å²) in [6.45, 7) is 4.93. The van der Waals surface area contributed by atoms with Crippen LogP contribution in [0, 0.1) is 0 Å². The van der Waals surface area contributed by atoms with E-state index < -0.39 is 0 Å². The van der Waals surface area contributed by atoms with Crippen LogP contribution in [0.25, 0.3) is 0 Å². The number of hydrogen-bond donors (Lipinski definition) is 0.